The Kier molecular flexibility index (Phi) is 8.75. The van der Waals surface area contributed by atoms with E-state index in [-0.39, 0.29) is 17.7 Å². The lowest BCUT2D eigenvalue weighted by atomic mass is 9.96. The van der Waals surface area contributed by atoms with Crippen molar-refractivity contribution in [3.05, 3.63) is 59.7 Å². The zero-order valence-corrected chi connectivity index (χ0v) is 22.8. The zero-order valence-electron chi connectivity index (χ0n) is 22.8. The summed E-state index contributed by atoms with van der Waals surface area (Å²) in [6, 6.07) is 16.4. The molecule has 0 unspecified atom stereocenters. The number of piperidine rings is 1. The number of benzene rings is 2. The number of rotatable bonds is 8. The van der Waals surface area contributed by atoms with Gasteiger partial charge in [0.05, 0.1) is 5.92 Å². The van der Waals surface area contributed by atoms with Gasteiger partial charge in [0.25, 0.3) is 5.91 Å². The summed E-state index contributed by atoms with van der Waals surface area (Å²) in [6.07, 6.45) is 1.84. The lowest BCUT2D eigenvalue weighted by molar-refractivity contribution is -0.146. The number of ether oxygens (including phenoxy) is 1. The molecule has 37 heavy (non-hydrogen) atoms. The van der Waals surface area contributed by atoms with Gasteiger partial charge in [-0.15, -0.1) is 0 Å². The first-order valence-electron chi connectivity index (χ1n) is 13.6. The summed E-state index contributed by atoms with van der Waals surface area (Å²) >= 11 is 0. The minimum absolute atomic E-state index is 0.00737. The number of nitrogens with one attached hydrogen (secondary N) is 2. The van der Waals surface area contributed by atoms with Gasteiger partial charge in [-0.3, -0.25) is 9.59 Å². The van der Waals surface area contributed by atoms with Crippen LogP contribution in [-0.2, 0) is 16.1 Å². The Hall–Kier alpha value is -3.06. The fourth-order valence-electron chi connectivity index (χ4n) is 5.11. The minimum atomic E-state index is -0.951. The van der Waals surface area contributed by atoms with Crippen LogP contribution in [0.5, 0.6) is 5.75 Å². The molecule has 0 radical (unpaired) electrons. The average Bonchev–Trinajstić information content (AvgIpc) is 2.92. The molecule has 2 aromatic carbocycles. The molecule has 1 atom stereocenters. The molecule has 200 valence electrons. The van der Waals surface area contributed by atoms with E-state index in [9.17, 15) is 9.59 Å². The van der Waals surface area contributed by atoms with E-state index < -0.39 is 5.60 Å². The van der Waals surface area contributed by atoms with Crippen LogP contribution in [0.15, 0.2) is 48.5 Å². The summed E-state index contributed by atoms with van der Waals surface area (Å²) in [5, 5.41) is 6.42. The van der Waals surface area contributed by atoms with Gasteiger partial charge < -0.3 is 25.2 Å². The van der Waals surface area contributed by atoms with Gasteiger partial charge in [-0.05, 0) is 55.9 Å². The maximum atomic E-state index is 13.1. The van der Waals surface area contributed by atoms with E-state index in [1.165, 1.54) is 5.56 Å². The first kappa shape index (κ1) is 27.0. The molecule has 2 aromatic rings. The van der Waals surface area contributed by atoms with Gasteiger partial charge in [-0.25, -0.2) is 0 Å². The third-order valence-corrected chi connectivity index (χ3v) is 7.38. The van der Waals surface area contributed by atoms with Crippen molar-refractivity contribution in [2.75, 3.05) is 44.2 Å². The van der Waals surface area contributed by atoms with E-state index in [1.54, 1.807) is 0 Å². The zero-order chi connectivity index (χ0) is 26.4. The number of hydrogen-bond donors (Lipinski definition) is 2. The molecule has 2 N–H and O–H groups in total. The van der Waals surface area contributed by atoms with Gasteiger partial charge in [-0.2, -0.15) is 0 Å². The Labute approximate surface area is 221 Å². The Bertz CT molecular complexity index is 1060. The second-order valence-electron chi connectivity index (χ2n) is 11.1. The SMILES string of the molecule is CC(C)c1ccc(CNC(=O)[C@@H]2CCCN(c3cccc(OC(C)(C)C(=O)N4CCNCC4)c3)C2)cc1. The van der Waals surface area contributed by atoms with Crippen molar-refractivity contribution in [2.24, 2.45) is 5.92 Å². The molecule has 4 rings (SSSR count). The van der Waals surface area contributed by atoms with E-state index in [0.29, 0.717) is 37.8 Å². The van der Waals surface area contributed by atoms with Crippen LogP contribution < -0.4 is 20.3 Å². The maximum Gasteiger partial charge on any atom is 0.266 e. The molecule has 0 saturated carbocycles. The quantitative estimate of drug-likeness (QED) is 0.568. The van der Waals surface area contributed by atoms with Crippen molar-refractivity contribution in [3.63, 3.8) is 0 Å². The van der Waals surface area contributed by atoms with E-state index >= 15 is 0 Å². The number of piperazine rings is 1. The molecule has 0 aliphatic carbocycles. The second kappa shape index (κ2) is 12.0. The van der Waals surface area contributed by atoms with Crippen molar-refractivity contribution < 1.29 is 14.3 Å². The van der Waals surface area contributed by atoms with Crippen LogP contribution >= 0.6 is 0 Å². The molecule has 2 aliphatic rings. The Morgan fingerprint density at radius 2 is 1.81 bits per heavy atom. The van der Waals surface area contributed by atoms with Crippen LogP contribution in [0.4, 0.5) is 5.69 Å². The summed E-state index contributed by atoms with van der Waals surface area (Å²) in [5.74, 6) is 1.22. The van der Waals surface area contributed by atoms with Crippen LogP contribution in [0.25, 0.3) is 0 Å². The van der Waals surface area contributed by atoms with Crippen LogP contribution in [0.3, 0.4) is 0 Å². The lowest BCUT2D eigenvalue weighted by Crippen LogP contribution is -2.54. The predicted octanol–water partition coefficient (Wildman–Crippen LogP) is 3.93. The van der Waals surface area contributed by atoms with Gasteiger partial charge >= 0.3 is 0 Å². The molecule has 0 bridgehead atoms. The van der Waals surface area contributed by atoms with E-state index in [4.69, 9.17) is 4.74 Å². The Morgan fingerprint density at radius 1 is 1.08 bits per heavy atom. The highest BCUT2D eigenvalue weighted by atomic mass is 16.5. The Morgan fingerprint density at radius 3 is 2.51 bits per heavy atom. The second-order valence-corrected chi connectivity index (χ2v) is 11.1. The summed E-state index contributed by atoms with van der Waals surface area (Å²) < 4.78 is 6.22. The van der Waals surface area contributed by atoms with E-state index in [2.05, 4.69) is 59.7 Å². The highest BCUT2D eigenvalue weighted by Gasteiger charge is 2.35. The van der Waals surface area contributed by atoms with Crippen LogP contribution in [0, 0.1) is 5.92 Å². The highest BCUT2D eigenvalue weighted by molar-refractivity contribution is 5.85. The third-order valence-electron chi connectivity index (χ3n) is 7.38. The van der Waals surface area contributed by atoms with Gasteiger partial charge in [0.2, 0.25) is 5.91 Å². The number of hydrogen-bond acceptors (Lipinski definition) is 5. The van der Waals surface area contributed by atoms with Crippen LogP contribution in [0.2, 0.25) is 0 Å². The number of anilines is 1. The molecule has 2 heterocycles. The first-order valence-corrected chi connectivity index (χ1v) is 13.6. The fraction of sp³-hybridized carbons (Fsp3) is 0.533. The largest absolute Gasteiger partial charge is 0.478 e. The lowest BCUT2D eigenvalue weighted by Gasteiger charge is -2.36. The van der Waals surface area contributed by atoms with Crippen molar-refractivity contribution in [1.82, 2.24) is 15.5 Å². The smallest absolute Gasteiger partial charge is 0.266 e. The molecule has 2 fully saturated rings. The molecule has 0 spiro atoms. The summed E-state index contributed by atoms with van der Waals surface area (Å²) in [4.78, 5) is 30.2. The van der Waals surface area contributed by atoms with Gasteiger partial charge in [0, 0.05) is 57.6 Å². The van der Waals surface area contributed by atoms with Gasteiger partial charge in [-0.1, -0.05) is 44.2 Å². The number of carbonyl (C=O) groups is 2. The molecule has 2 aliphatic heterocycles. The summed E-state index contributed by atoms with van der Waals surface area (Å²) in [7, 11) is 0. The Balaban J connectivity index is 1.34. The maximum absolute atomic E-state index is 13.1. The minimum Gasteiger partial charge on any atom is -0.478 e. The number of amides is 2. The van der Waals surface area contributed by atoms with Crippen molar-refractivity contribution in [1.29, 1.82) is 0 Å². The number of carbonyl (C=O) groups excluding carboxylic acids is 2. The third kappa shape index (κ3) is 7.04. The molecule has 2 amide bonds. The molecule has 7 heteroatoms. The predicted molar refractivity (Wildman–Crippen MR) is 148 cm³/mol. The van der Waals surface area contributed by atoms with Crippen molar-refractivity contribution in [3.8, 4) is 5.75 Å². The van der Waals surface area contributed by atoms with Crippen molar-refractivity contribution >= 4 is 17.5 Å². The normalized spacial score (nSPS) is 18.6. The molecule has 7 nitrogen and oxygen atoms in total. The van der Waals surface area contributed by atoms with Gasteiger partial charge in [0.15, 0.2) is 5.60 Å². The number of nitrogens with zero attached hydrogens (tertiary/aromatic N) is 2. The molecular formula is C30H42N4O3. The van der Waals surface area contributed by atoms with Crippen LogP contribution in [-0.4, -0.2) is 61.6 Å². The standard InChI is InChI=1S/C30H42N4O3/c1-22(2)24-12-10-23(11-13-24)20-32-28(35)25-7-6-16-34(21-25)26-8-5-9-27(19-26)37-30(3,4)29(36)33-17-14-31-15-18-33/h5,8-13,19,22,25,31H,6-7,14-18,20-21H2,1-4H3,(H,32,35)/t25-/m1/s1. The molecule has 2 saturated heterocycles. The topological polar surface area (TPSA) is 73.9 Å². The monoisotopic (exact) mass is 506 g/mol. The van der Waals surface area contributed by atoms with E-state index in [1.807, 2.05) is 36.9 Å². The highest BCUT2D eigenvalue weighted by Crippen LogP contribution is 2.29. The van der Waals surface area contributed by atoms with Crippen LogP contribution in [0.1, 0.15) is 57.6 Å². The first-order chi connectivity index (χ1) is 17.7. The molecule has 0 aromatic heterocycles. The van der Waals surface area contributed by atoms with Gasteiger partial charge in [0.1, 0.15) is 5.75 Å². The summed E-state index contributed by atoms with van der Waals surface area (Å²) in [6.45, 7) is 13.2. The summed E-state index contributed by atoms with van der Waals surface area (Å²) in [5.41, 5.74) is 2.49. The van der Waals surface area contributed by atoms with Crippen molar-refractivity contribution in [2.45, 2.75) is 58.6 Å². The fourth-order valence-corrected chi connectivity index (χ4v) is 5.11. The van der Waals surface area contributed by atoms with E-state index in [0.717, 1.165) is 43.7 Å². The average molecular weight is 507 g/mol. The molecular weight excluding hydrogens is 464 g/mol.